The van der Waals surface area contributed by atoms with Crippen molar-refractivity contribution in [1.82, 2.24) is 9.88 Å². The van der Waals surface area contributed by atoms with Crippen LogP contribution in [-0.4, -0.2) is 29.0 Å². The molecule has 4 heteroatoms. The first-order valence-electron chi connectivity index (χ1n) is 6.46. The van der Waals surface area contributed by atoms with Crippen molar-refractivity contribution in [2.75, 3.05) is 18.4 Å². The van der Waals surface area contributed by atoms with Gasteiger partial charge >= 0.3 is 6.03 Å². The average Bonchev–Trinajstić information content (AvgIpc) is 2.28. The zero-order valence-electron chi connectivity index (χ0n) is 11.7. The molecule has 0 bridgehead atoms. The van der Waals surface area contributed by atoms with E-state index < -0.39 is 0 Å². The fourth-order valence-corrected chi connectivity index (χ4v) is 1.75. The van der Waals surface area contributed by atoms with Crippen molar-refractivity contribution in [2.24, 2.45) is 11.8 Å². The fourth-order valence-electron chi connectivity index (χ4n) is 1.75. The molecular weight excluding hydrogens is 226 g/mol. The third-order valence-electron chi connectivity index (χ3n) is 2.36. The third-order valence-corrected chi connectivity index (χ3v) is 2.36. The van der Waals surface area contributed by atoms with Gasteiger partial charge in [-0.15, -0.1) is 0 Å². The number of carbonyl (C=O) groups is 1. The highest BCUT2D eigenvalue weighted by Crippen LogP contribution is 2.07. The molecule has 1 aromatic rings. The Balaban J connectivity index is 2.64. The lowest BCUT2D eigenvalue weighted by atomic mass is 10.1. The smallest absolute Gasteiger partial charge is 0.323 e. The van der Waals surface area contributed by atoms with Crippen LogP contribution in [0.4, 0.5) is 10.6 Å². The van der Waals surface area contributed by atoms with E-state index in [0.29, 0.717) is 17.7 Å². The van der Waals surface area contributed by atoms with E-state index in [2.05, 4.69) is 38.0 Å². The van der Waals surface area contributed by atoms with Crippen LogP contribution in [0, 0.1) is 11.8 Å². The van der Waals surface area contributed by atoms with Gasteiger partial charge in [0.05, 0.1) is 0 Å². The molecule has 4 nitrogen and oxygen atoms in total. The zero-order chi connectivity index (χ0) is 13.5. The summed E-state index contributed by atoms with van der Waals surface area (Å²) in [6.07, 6.45) is 1.67. The summed E-state index contributed by atoms with van der Waals surface area (Å²) in [5.41, 5.74) is 0. The van der Waals surface area contributed by atoms with Crippen molar-refractivity contribution < 1.29 is 4.79 Å². The van der Waals surface area contributed by atoms with Crippen LogP contribution >= 0.6 is 0 Å². The maximum atomic E-state index is 12.2. The number of nitrogens with one attached hydrogen (secondary N) is 1. The molecule has 1 aromatic heterocycles. The number of urea groups is 1. The van der Waals surface area contributed by atoms with Crippen molar-refractivity contribution in [3.05, 3.63) is 24.4 Å². The molecule has 0 unspecified atom stereocenters. The highest BCUT2D eigenvalue weighted by molar-refractivity contribution is 5.88. The molecule has 0 aliphatic rings. The number of carbonyl (C=O) groups excluding carboxylic acids is 1. The molecule has 0 aliphatic carbocycles. The lowest BCUT2D eigenvalue weighted by Gasteiger charge is -2.26. The molecule has 1 N–H and O–H groups in total. The predicted octanol–water partition coefficient (Wildman–Crippen LogP) is 3.23. The summed E-state index contributed by atoms with van der Waals surface area (Å²) in [7, 11) is 0. The summed E-state index contributed by atoms with van der Waals surface area (Å²) < 4.78 is 0. The maximum Gasteiger partial charge on any atom is 0.323 e. The van der Waals surface area contributed by atoms with E-state index in [1.165, 1.54) is 0 Å². The molecule has 0 saturated heterocycles. The monoisotopic (exact) mass is 249 g/mol. The van der Waals surface area contributed by atoms with Crippen LogP contribution in [0.15, 0.2) is 24.4 Å². The highest BCUT2D eigenvalue weighted by Gasteiger charge is 2.16. The first kappa shape index (κ1) is 14.5. The molecule has 0 fully saturated rings. The maximum absolute atomic E-state index is 12.2. The minimum absolute atomic E-state index is 0.0731. The number of amides is 2. The van der Waals surface area contributed by atoms with E-state index in [0.717, 1.165) is 13.1 Å². The van der Waals surface area contributed by atoms with E-state index in [4.69, 9.17) is 0 Å². The second-order valence-corrected chi connectivity index (χ2v) is 5.34. The van der Waals surface area contributed by atoms with Crippen molar-refractivity contribution in [3.63, 3.8) is 0 Å². The summed E-state index contributed by atoms with van der Waals surface area (Å²) in [6, 6.07) is 5.41. The number of hydrogen-bond donors (Lipinski definition) is 1. The normalized spacial score (nSPS) is 10.8. The molecule has 0 atom stereocenters. The molecule has 0 spiro atoms. The first-order valence-corrected chi connectivity index (χ1v) is 6.46. The van der Waals surface area contributed by atoms with Gasteiger partial charge in [-0.3, -0.25) is 5.32 Å². The topological polar surface area (TPSA) is 45.2 Å². The van der Waals surface area contributed by atoms with Crippen LogP contribution in [0.3, 0.4) is 0 Å². The van der Waals surface area contributed by atoms with Crippen LogP contribution in [0.25, 0.3) is 0 Å². The third kappa shape index (κ3) is 5.17. The van der Waals surface area contributed by atoms with E-state index >= 15 is 0 Å². The van der Waals surface area contributed by atoms with Gasteiger partial charge in [-0.25, -0.2) is 9.78 Å². The predicted molar refractivity (Wildman–Crippen MR) is 74.5 cm³/mol. The van der Waals surface area contributed by atoms with Gasteiger partial charge in [0.25, 0.3) is 0 Å². The van der Waals surface area contributed by atoms with E-state index in [1.807, 2.05) is 17.0 Å². The van der Waals surface area contributed by atoms with E-state index in [9.17, 15) is 4.79 Å². The fraction of sp³-hybridized carbons (Fsp3) is 0.571. The summed E-state index contributed by atoms with van der Waals surface area (Å²) in [5, 5.41) is 2.83. The number of pyridine rings is 1. The quantitative estimate of drug-likeness (QED) is 0.870. The van der Waals surface area contributed by atoms with Gasteiger partial charge in [0.1, 0.15) is 5.82 Å². The summed E-state index contributed by atoms with van der Waals surface area (Å²) in [5.74, 6) is 1.51. The Labute approximate surface area is 109 Å². The van der Waals surface area contributed by atoms with Crippen LogP contribution < -0.4 is 5.32 Å². The van der Waals surface area contributed by atoms with Crippen molar-refractivity contribution in [2.45, 2.75) is 27.7 Å². The summed E-state index contributed by atoms with van der Waals surface area (Å²) in [6.45, 7) is 9.97. The second-order valence-electron chi connectivity index (χ2n) is 5.34. The number of rotatable bonds is 5. The summed E-state index contributed by atoms with van der Waals surface area (Å²) >= 11 is 0. The van der Waals surface area contributed by atoms with Crippen LogP contribution in [0.2, 0.25) is 0 Å². The van der Waals surface area contributed by atoms with Crippen LogP contribution in [-0.2, 0) is 0 Å². The van der Waals surface area contributed by atoms with Crippen LogP contribution in [0.1, 0.15) is 27.7 Å². The molecule has 18 heavy (non-hydrogen) atoms. The molecule has 0 aromatic carbocycles. The SMILES string of the molecule is CC(C)CN(CC(C)C)C(=O)Nc1ccccn1. The molecule has 100 valence electrons. The Morgan fingerprint density at radius 2 is 1.83 bits per heavy atom. The van der Waals surface area contributed by atoms with Gasteiger partial charge in [0, 0.05) is 19.3 Å². The zero-order valence-corrected chi connectivity index (χ0v) is 11.7. The Bertz CT molecular complexity index is 353. The minimum Gasteiger partial charge on any atom is -0.324 e. The molecule has 1 heterocycles. The Hall–Kier alpha value is -1.58. The van der Waals surface area contributed by atoms with Crippen molar-refractivity contribution >= 4 is 11.8 Å². The molecule has 0 radical (unpaired) electrons. The molecule has 0 aliphatic heterocycles. The van der Waals surface area contributed by atoms with E-state index in [1.54, 1.807) is 12.3 Å². The number of aromatic nitrogens is 1. The molecule has 1 rings (SSSR count). The van der Waals surface area contributed by atoms with Gasteiger partial charge < -0.3 is 4.90 Å². The van der Waals surface area contributed by atoms with Gasteiger partial charge in [0.2, 0.25) is 0 Å². The van der Waals surface area contributed by atoms with Crippen molar-refractivity contribution in [3.8, 4) is 0 Å². The number of anilines is 1. The number of nitrogens with zero attached hydrogens (tertiary/aromatic N) is 2. The Morgan fingerprint density at radius 3 is 2.28 bits per heavy atom. The largest absolute Gasteiger partial charge is 0.324 e. The second kappa shape index (κ2) is 6.99. The minimum atomic E-state index is -0.0731. The summed E-state index contributed by atoms with van der Waals surface area (Å²) in [4.78, 5) is 18.1. The molecule has 2 amide bonds. The van der Waals surface area contributed by atoms with E-state index in [-0.39, 0.29) is 6.03 Å². The molecular formula is C14H23N3O. The Kier molecular flexibility index (Phi) is 5.62. The molecule has 0 saturated carbocycles. The standard InChI is InChI=1S/C14H23N3O/c1-11(2)9-17(10-12(3)4)14(18)16-13-7-5-6-8-15-13/h5-8,11-12H,9-10H2,1-4H3,(H,15,16,18). The Morgan fingerprint density at radius 1 is 1.22 bits per heavy atom. The van der Waals surface area contributed by atoms with Crippen molar-refractivity contribution in [1.29, 1.82) is 0 Å². The van der Waals surface area contributed by atoms with Crippen LogP contribution in [0.5, 0.6) is 0 Å². The first-order chi connectivity index (χ1) is 8.49. The van der Waals surface area contributed by atoms with Gasteiger partial charge in [0.15, 0.2) is 0 Å². The van der Waals surface area contributed by atoms with Gasteiger partial charge in [-0.05, 0) is 24.0 Å². The lowest BCUT2D eigenvalue weighted by molar-refractivity contribution is 0.196. The van der Waals surface area contributed by atoms with Gasteiger partial charge in [-0.1, -0.05) is 33.8 Å². The number of hydrogen-bond acceptors (Lipinski definition) is 2. The lowest BCUT2D eigenvalue weighted by Crippen LogP contribution is -2.40. The average molecular weight is 249 g/mol. The van der Waals surface area contributed by atoms with Gasteiger partial charge in [-0.2, -0.15) is 0 Å². The highest BCUT2D eigenvalue weighted by atomic mass is 16.2.